The Labute approximate surface area is 172 Å². The number of hydrogen-bond acceptors (Lipinski definition) is 4. The summed E-state index contributed by atoms with van der Waals surface area (Å²) in [5.74, 6) is 0.483. The quantitative estimate of drug-likeness (QED) is 0.683. The predicted molar refractivity (Wildman–Crippen MR) is 114 cm³/mol. The molecule has 1 aliphatic carbocycles. The van der Waals surface area contributed by atoms with E-state index < -0.39 is 10.0 Å². The second-order valence-electron chi connectivity index (χ2n) is 7.52. The number of carbonyl (C=O) groups excluding carboxylic acids is 1. The highest BCUT2D eigenvalue weighted by molar-refractivity contribution is 7.89. The highest BCUT2D eigenvalue weighted by Crippen LogP contribution is 2.25. The van der Waals surface area contributed by atoms with Crippen molar-refractivity contribution in [1.82, 2.24) is 4.72 Å². The Morgan fingerprint density at radius 3 is 2.62 bits per heavy atom. The molecular weight excluding hydrogens is 388 g/mol. The maximum Gasteiger partial charge on any atom is 0.240 e. The molecule has 0 bridgehead atoms. The van der Waals surface area contributed by atoms with Crippen LogP contribution in [0.25, 0.3) is 0 Å². The molecule has 2 aromatic carbocycles. The predicted octanol–water partition coefficient (Wildman–Crippen LogP) is 3.93. The molecule has 2 N–H and O–H groups in total. The molecule has 0 saturated heterocycles. The lowest BCUT2D eigenvalue weighted by molar-refractivity contribution is -0.116. The fourth-order valence-corrected chi connectivity index (χ4v) is 4.80. The Morgan fingerprint density at radius 1 is 1.10 bits per heavy atom. The molecule has 29 heavy (non-hydrogen) atoms. The Balaban J connectivity index is 1.51. The topological polar surface area (TPSA) is 84.5 Å². The van der Waals surface area contributed by atoms with Crippen LogP contribution >= 0.6 is 0 Å². The molecule has 7 heteroatoms. The van der Waals surface area contributed by atoms with Crippen LogP contribution in [0.3, 0.4) is 0 Å². The molecule has 1 saturated carbocycles. The Bertz CT molecular complexity index is 967. The van der Waals surface area contributed by atoms with E-state index in [1.54, 1.807) is 31.2 Å². The first-order chi connectivity index (χ1) is 13.8. The van der Waals surface area contributed by atoms with Crippen molar-refractivity contribution in [3.8, 4) is 5.75 Å². The summed E-state index contributed by atoms with van der Waals surface area (Å²) >= 11 is 0. The van der Waals surface area contributed by atoms with Crippen LogP contribution in [0.5, 0.6) is 5.75 Å². The first-order valence-corrected chi connectivity index (χ1v) is 11.5. The maximum atomic E-state index is 12.5. The van der Waals surface area contributed by atoms with Crippen LogP contribution in [-0.2, 0) is 14.8 Å². The Kier molecular flexibility index (Phi) is 6.92. The minimum absolute atomic E-state index is 0.0276. The standard InChI is InChI=1S/C22H28N2O4S/c1-16-10-11-17(2)21(14-16)29(26,27)23-13-12-22(25)24-18-6-5-9-20(15-18)28-19-7-3-4-8-19/h5-6,9-11,14-15,19,23H,3-4,7-8,12-13H2,1-2H3,(H,24,25). The Morgan fingerprint density at radius 2 is 1.86 bits per heavy atom. The van der Waals surface area contributed by atoms with E-state index >= 15 is 0 Å². The van der Waals surface area contributed by atoms with Crippen LogP contribution in [0, 0.1) is 13.8 Å². The number of aryl methyl sites for hydroxylation is 2. The maximum absolute atomic E-state index is 12.5. The molecule has 0 aliphatic heterocycles. The van der Waals surface area contributed by atoms with E-state index in [-0.39, 0.29) is 29.9 Å². The van der Waals surface area contributed by atoms with Gasteiger partial charge in [-0.2, -0.15) is 0 Å². The number of hydrogen-bond donors (Lipinski definition) is 2. The van der Waals surface area contributed by atoms with Crippen LogP contribution in [0.4, 0.5) is 5.69 Å². The third kappa shape index (κ3) is 6.05. The van der Waals surface area contributed by atoms with Gasteiger partial charge >= 0.3 is 0 Å². The van der Waals surface area contributed by atoms with E-state index in [1.165, 1.54) is 12.8 Å². The smallest absolute Gasteiger partial charge is 0.240 e. The summed E-state index contributed by atoms with van der Waals surface area (Å²) in [5.41, 5.74) is 2.18. The zero-order valence-electron chi connectivity index (χ0n) is 16.9. The molecule has 6 nitrogen and oxygen atoms in total. The number of ether oxygens (including phenoxy) is 1. The van der Waals surface area contributed by atoms with Crippen LogP contribution in [0.15, 0.2) is 47.4 Å². The van der Waals surface area contributed by atoms with Gasteiger partial charge in [0.2, 0.25) is 15.9 Å². The van der Waals surface area contributed by atoms with Gasteiger partial charge in [0.25, 0.3) is 0 Å². The van der Waals surface area contributed by atoms with Crippen molar-refractivity contribution in [1.29, 1.82) is 0 Å². The van der Waals surface area contributed by atoms with Crippen molar-refractivity contribution in [3.63, 3.8) is 0 Å². The monoisotopic (exact) mass is 416 g/mol. The summed E-state index contributed by atoms with van der Waals surface area (Å²) in [6.07, 6.45) is 4.81. The average Bonchev–Trinajstić information content (AvgIpc) is 3.16. The lowest BCUT2D eigenvalue weighted by Gasteiger charge is -2.14. The van der Waals surface area contributed by atoms with Crippen molar-refractivity contribution in [2.75, 3.05) is 11.9 Å². The third-order valence-corrected chi connectivity index (χ3v) is 6.60. The van der Waals surface area contributed by atoms with Gasteiger partial charge in [-0.25, -0.2) is 13.1 Å². The third-order valence-electron chi connectivity index (χ3n) is 5.00. The molecule has 3 rings (SSSR count). The molecule has 1 aliphatic rings. The number of nitrogens with one attached hydrogen (secondary N) is 2. The Hall–Kier alpha value is -2.38. The lowest BCUT2D eigenvalue weighted by atomic mass is 10.2. The van der Waals surface area contributed by atoms with E-state index in [2.05, 4.69) is 10.0 Å². The van der Waals surface area contributed by atoms with Crippen molar-refractivity contribution in [2.24, 2.45) is 0 Å². The highest BCUT2D eigenvalue weighted by Gasteiger charge is 2.18. The van der Waals surface area contributed by atoms with Gasteiger partial charge in [-0.05, 0) is 68.9 Å². The summed E-state index contributed by atoms with van der Waals surface area (Å²) in [4.78, 5) is 12.5. The number of sulfonamides is 1. The first-order valence-electron chi connectivity index (χ1n) is 9.97. The van der Waals surface area contributed by atoms with Gasteiger partial charge in [0.05, 0.1) is 11.0 Å². The molecular formula is C22H28N2O4S. The summed E-state index contributed by atoms with van der Waals surface area (Å²) in [5, 5.41) is 2.80. The van der Waals surface area contributed by atoms with Crippen LogP contribution < -0.4 is 14.8 Å². The molecule has 0 aromatic heterocycles. The average molecular weight is 417 g/mol. The van der Waals surface area contributed by atoms with Crippen molar-refractivity contribution >= 4 is 21.6 Å². The number of anilines is 1. The summed E-state index contributed by atoms with van der Waals surface area (Å²) in [6, 6.07) is 12.6. The number of amides is 1. The number of carbonyl (C=O) groups is 1. The van der Waals surface area contributed by atoms with Crippen molar-refractivity contribution in [3.05, 3.63) is 53.6 Å². The van der Waals surface area contributed by atoms with E-state index in [9.17, 15) is 13.2 Å². The number of benzene rings is 2. The minimum atomic E-state index is -3.65. The van der Waals surface area contributed by atoms with Gasteiger partial charge in [0.15, 0.2) is 0 Å². The first kappa shape index (κ1) is 21.3. The molecule has 0 radical (unpaired) electrons. The molecule has 2 aromatic rings. The van der Waals surface area contributed by atoms with Crippen LogP contribution in [0.2, 0.25) is 0 Å². The van der Waals surface area contributed by atoms with Gasteiger partial charge in [0, 0.05) is 24.7 Å². The zero-order chi connectivity index (χ0) is 20.9. The highest BCUT2D eigenvalue weighted by atomic mass is 32.2. The van der Waals surface area contributed by atoms with E-state index in [1.807, 2.05) is 25.1 Å². The molecule has 156 valence electrons. The molecule has 0 heterocycles. The summed E-state index contributed by atoms with van der Waals surface area (Å²) < 4.78 is 33.4. The normalized spacial score (nSPS) is 14.7. The largest absolute Gasteiger partial charge is 0.490 e. The second-order valence-corrected chi connectivity index (χ2v) is 9.25. The fourth-order valence-electron chi connectivity index (χ4n) is 3.44. The van der Waals surface area contributed by atoms with Crippen LogP contribution in [-0.4, -0.2) is 27.0 Å². The van der Waals surface area contributed by atoms with Gasteiger partial charge < -0.3 is 10.1 Å². The van der Waals surface area contributed by atoms with Gasteiger partial charge in [-0.3, -0.25) is 4.79 Å². The van der Waals surface area contributed by atoms with Crippen molar-refractivity contribution in [2.45, 2.75) is 57.0 Å². The lowest BCUT2D eigenvalue weighted by Crippen LogP contribution is -2.28. The molecule has 1 fully saturated rings. The summed E-state index contributed by atoms with van der Waals surface area (Å²) in [7, 11) is -3.65. The van der Waals surface area contributed by atoms with Crippen LogP contribution in [0.1, 0.15) is 43.2 Å². The molecule has 0 spiro atoms. The zero-order valence-corrected chi connectivity index (χ0v) is 17.7. The SMILES string of the molecule is Cc1ccc(C)c(S(=O)(=O)NCCC(=O)Nc2cccc(OC3CCCC3)c2)c1. The van der Waals surface area contributed by atoms with Gasteiger partial charge in [-0.15, -0.1) is 0 Å². The van der Waals surface area contributed by atoms with Gasteiger partial charge in [0.1, 0.15) is 5.75 Å². The minimum Gasteiger partial charge on any atom is -0.490 e. The molecule has 1 amide bonds. The second kappa shape index (κ2) is 9.41. The fraction of sp³-hybridized carbons (Fsp3) is 0.409. The van der Waals surface area contributed by atoms with E-state index in [4.69, 9.17) is 4.74 Å². The van der Waals surface area contributed by atoms with E-state index in [0.29, 0.717) is 11.3 Å². The van der Waals surface area contributed by atoms with Crippen molar-refractivity contribution < 1.29 is 17.9 Å². The number of rotatable bonds is 8. The summed E-state index contributed by atoms with van der Waals surface area (Å²) in [6.45, 7) is 3.62. The molecule has 0 unspecified atom stereocenters. The molecule has 0 atom stereocenters. The van der Waals surface area contributed by atoms with E-state index in [0.717, 1.165) is 24.2 Å². The van der Waals surface area contributed by atoms with Gasteiger partial charge in [-0.1, -0.05) is 18.2 Å².